The highest BCUT2D eigenvalue weighted by Gasteiger charge is 2.34. The van der Waals surface area contributed by atoms with Crippen LogP contribution in [0, 0.1) is 5.92 Å². The molecule has 0 aromatic heterocycles. The third-order valence-electron chi connectivity index (χ3n) is 3.94. The van der Waals surface area contributed by atoms with E-state index >= 15 is 0 Å². The predicted octanol–water partition coefficient (Wildman–Crippen LogP) is 2.76. The van der Waals surface area contributed by atoms with Crippen molar-refractivity contribution in [1.29, 1.82) is 0 Å². The molecule has 0 saturated heterocycles. The van der Waals surface area contributed by atoms with Crippen molar-refractivity contribution in [2.24, 2.45) is 5.92 Å². The van der Waals surface area contributed by atoms with Gasteiger partial charge < -0.3 is 15.2 Å². The molecule has 1 amide bonds. The summed E-state index contributed by atoms with van der Waals surface area (Å²) in [5, 5.41) is 12.5. The fourth-order valence-corrected chi connectivity index (χ4v) is 2.65. The Hall–Kier alpha value is -1.55. The Morgan fingerprint density at radius 3 is 2.43 bits per heavy atom. The molecule has 0 radical (unpaired) electrons. The van der Waals surface area contributed by atoms with Gasteiger partial charge in [0.2, 0.25) is 0 Å². The number of carbonyl (C=O) groups is 1. The second-order valence-corrected chi connectivity index (χ2v) is 6.33. The molecule has 4 nitrogen and oxygen atoms in total. The van der Waals surface area contributed by atoms with Crippen LogP contribution in [0.1, 0.15) is 49.9 Å². The lowest BCUT2D eigenvalue weighted by Gasteiger charge is -2.28. The van der Waals surface area contributed by atoms with Crippen molar-refractivity contribution in [3.63, 3.8) is 0 Å². The van der Waals surface area contributed by atoms with Crippen molar-refractivity contribution < 1.29 is 14.6 Å². The van der Waals surface area contributed by atoms with Crippen molar-refractivity contribution in [3.05, 3.63) is 29.8 Å². The second-order valence-electron chi connectivity index (χ2n) is 6.33. The van der Waals surface area contributed by atoms with Crippen LogP contribution in [0.15, 0.2) is 24.3 Å². The highest BCUT2D eigenvalue weighted by Crippen LogP contribution is 2.29. The normalized spacial score (nSPS) is 17.0. The average molecular weight is 291 g/mol. The van der Waals surface area contributed by atoms with E-state index in [2.05, 4.69) is 19.2 Å². The molecule has 1 saturated carbocycles. The summed E-state index contributed by atoms with van der Waals surface area (Å²) in [6.45, 7) is 4.86. The summed E-state index contributed by atoms with van der Waals surface area (Å²) in [6.07, 6.45) is 3.82. The van der Waals surface area contributed by atoms with Crippen LogP contribution in [0.25, 0.3) is 0 Å². The van der Waals surface area contributed by atoms with Gasteiger partial charge in [0.25, 0.3) is 5.91 Å². The fraction of sp³-hybridized carbons (Fsp3) is 0.588. The molecule has 0 aliphatic heterocycles. The summed E-state index contributed by atoms with van der Waals surface area (Å²) in [4.78, 5) is 12.3. The van der Waals surface area contributed by atoms with Crippen LogP contribution in [0.2, 0.25) is 0 Å². The number of carbonyl (C=O) groups excluding carboxylic acids is 1. The van der Waals surface area contributed by atoms with Gasteiger partial charge in [0.15, 0.2) is 0 Å². The summed E-state index contributed by atoms with van der Waals surface area (Å²) >= 11 is 0. The number of hydrogen-bond acceptors (Lipinski definition) is 3. The monoisotopic (exact) mass is 291 g/mol. The summed E-state index contributed by atoms with van der Waals surface area (Å²) in [7, 11) is 0. The number of aliphatic hydroxyl groups is 1. The molecule has 1 aromatic carbocycles. The summed E-state index contributed by atoms with van der Waals surface area (Å²) in [5.74, 6) is 1.12. The van der Waals surface area contributed by atoms with Gasteiger partial charge in [0, 0.05) is 5.56 Å². The number of rotatable bonds is 6. The molecule has 1 fully saturated rings. The Bertz CT molecular complexity index is 461. The molecule has 2 N–H and O–H groups in total. The quantitative estimate of drug-likeness (QED) is 0.847. The first-order valence-corrected chi connectivity index (χ1v) is 7.71. The zero-order valence-electron chi connectivity index (χ0n) is 12.9. The van der Waals surface area contributed by atoms with E-state index in [0.29, 0.717) is 18.1 Å². The van der Waals surface area contributed by atoms with E-state index in [9.17, 15) is 9.90 Å². The van der Waals surface area contributed by atoms with Crippen LogP contribution in [0.3, 0.4) is 0 Å². The zero-order valence-corrected chi connectivity index (χ0v) is 12.9. The van der Waals surface area contributed by atoms with E-state index in [0.717, 1.165) is 31.4 Å². The van der Waals surface area contributed by atoms with Gasteiger partial charge in [0.05, 0.1) is 18.8 Å². The molecule has 1 aliphatic carbocycles. The molecule has 2 rings (SSSR count). The van der Waals surface area contributed by atoms with Crippen molar-refractivity contribution in [1.82, 2.24) is 5.32 Å². The zero-order chi connectivity index (χ0) is 15.3. The van der Waals surface area contributed by atoms with Gasteiger partial charge in [-0.25, -0.2) is 0 Å². The van der Waals surface area contributed by atoms with Crippen molar-refractivity contribution in [2.45, 2.75) is 45.1 Å². The van der Waals surface area contributed by atoms with E-state index in [1.165, 1.54) is 0 Å². The van der Waals surface area contributed by atoms with Gasteiger partial charge in [-0.15, -0.1) is 0 Å². The van der Waals surface area contributed by atoms with Crippen molar-refractivity contribution in [2.75, 3.05) is 13.2 Å². The number of nitrogens with one attached hydrogen (secondary N) is 1. The smallest absolute Gasteiger partial charge is 0.251 e. The first-order valence-electron chi connectivity index (χ1n) is 7.71. The molecule has 0 unspecified atom stereocenters. The lowest BCUT2D eigenvalue weighted by molar-refractivity contribution is 0.0838. The maximum absolute atomic E-state index is 12.3. The molecular weight excluding hydrogens is 266 g/mol. The topological polar surface area (TPSA) is 58.6 Å². The van der Waals surface area contributed by atoms with E-state index in [1.807, 2.05) is 12.1 Å². The SMILES string of the molecule is CC(C)COc1ccc(C(=O)NC2(CO)CCCC2)cc1. The van der Waals surface area contributed by atoms with E-state index in [1.54, 1.807) is 12.1 Å². The third kappa shape index (κ3) is 4.21. The average Bonchev–Trinajstić information content (AvgIpc) is 2.94. The lowest BCUT2D eigenvalue weighted by Crippen LogP contribution is -2.49. The molecule has 0 spiro atoms. The highest BCUT2D eigenvalue weighted by atomic mass is 16.5. The first kappa shape index (κ1) is 15.8. The number of ether oxygens (including phenoxy) is 1. The predicted molar refractivity (Wildman–Crippen MR) is 82.5 cm³/mol. The molecule has 21 heavy (non-hydrogen) atoms. The Balaban J connectivity index is 1.96. The van der Waals surface area contributed by atoms with Gasteiger partial charge in [0.1, 0.15) is 5.75 Å². The van der Waals surface area contributed by atoms with Crippen LogP contribution in [0.5, 0.6) is 5.75 Å². The van der Waals surface area contributed by atoms with Gasteiger partial charge in [-0.2, -0.15) is 0 Å². The van der Waals surface area contributed by atoms with Gasteiger partial charge in [-0.05, 0) is 43.0 Å². The van der Waals surface area contributed by atoms with Gasteiger partial charge in [-0.1, -0.05) is 26.7 Å². The minimum atomic E-state index is -0.427. The van der Waals surface area contributed by atoms with Gasteiger partial charge in [-0.3, -0.25) is 4.79 Å². The first-order chi connectivity index (χ1) is 10.0. The molecule has 1 aromatic rings. The largest absolute Gasteiger partial charge is 0.493 e. The third-order valence-corrected chi connectivity index (χ3v) is 3.94. The number of aliphatic hydroxyl groups excluding tert-OH is 1. The van der Waals surface area contributed by atoms with Crippen LogP contribution in [-0.2, 0) is 0 Å². The van der Waals surface area contributed by atoms with E-state index in [4.69, 9.17) is 4.74 Å². The van der Waals surface area contributed by atoms with E-state index in [-0.39, 0.29) is 12.5 Å². The second kappa shape index (κ2) is 6.94. The van der Waals surface area contributed by atoms with Crippen LogP contribution in [-0.4, -0.2) is 29.8 Å². The van der Waals surface area contributed by atoms with Crippen molar-refractivity contribution >= 4 is 5.91 Å². The maximum Gasteiger partial charge on any atom is 0.251 e. The summed E-state index contributed by atoms with van der Waals surface area (Å²) in [5.41, 5.74) is 0.177. The van der Waals surface area contributed by atoms with Crippen LogP contribution >= 0.6 is 0 Å². The number of amides is 1. The summed E-state index contributed by atoms with van der Waals surface area (Å²) in [6, 6.07) is 7.17. The Kier molecular flexibility index (Phi) is 5.23. The van der Waals surface area contributed by atoms with E-state index < -0.39 is 5.54 Å². The minimum absolute atomic E-state index is 0.00826. The number of benzene rings is 1. The standard InChI is InChI=1S/C17H25NO3/c1-13(2)11-21-15-7-5-14(6-8-15)16(20)18-17(12-19)9-3-4-10-17/h5-8,13,19H,3-4,9-12H2,1-2H3,(H,18,20). The molecule has 0 heterocycles. The molecule has 0 atom stereocenters. The van der Waals surface area contributed by atoms with Gasteiger partial charge >= 0.3 is 0 Å². The molecule has 116 valence electrons. The Morgan fingerprint density at radius 2 is 1.90 bits per heavy atom. The molecular formula is C17H25NO3. The summed E-state index contributed by atoms with van der Waals surface area (Å²) < 4.78 is 5.60. The molecule has 0 bridgehead atoms. The number of hydrogen-bond donors (Lipinski definition) is 2. The van der Waals surface area contributed by atoms with Crippen LogP contribution < -0.4 is 10.1 Å². The Labute approximate surface area is 126 Å². The molecule has 4 heteroatoms. The fourth-order valence-electron chi connectivity index (χ4n) is 2.65. The van der Waals surface area contributed by atoms with Crippen LogP contribution in [0.4, 0.5) is 0 Å². The Morgan fingerprint density at radius 1 is 1.29 bits per heavy atom. The highest BCUT2D eigenvalue weighted by molar-refractivity contribution is 5.94. The minimum Gasteiger partial charge on any atom is -0.493 e. The molecule has 1 aliphatic rings. The van der Waals surface area contributed by atoms with Crippen molar-refractivity contribution in [3.8, 4) is 5.75 Å². The lowest BCUT2D eigenvalue weighted by atomic mass is 9.98. The maximum atomic E-state index is 12.3.